The van der Waals surface area contributed by atoms with Crippen LogP contribution < -0.4 is 0 Å². The van der Waals surface area contributed by atoms with Gasteiger partial charge in [-0.05, 0) is 40.4 Å². The van der Waals surface area contributed by atoms with Gasteiger partial charge >= 0.3 is 0 Å². The molecule has 0 N–H and O–H groups in total. The van der Waals surface area contributed by atoms with E-state index in [-0.39, 0.29) is 0 Å². The monoisotopic (exact) mass is 234 g/mol. The van der Waals surface area contributed by atoms with Gasteiger partial charge in [-0.2, -0.15) is 10.5 Å². The van der Waals surface area contributed by atoms with Crippen molar-refractivity contribution >= 4 is 32.2 Å². The van der Waals surface area contributed by atoms with E-state index in [1.54, 1.807) is 17.4 Å². The Hall–Kier alpha value is -2.36. The first-order valence-corrected chi connectivity index (χ1v) is 5.95. The minimum Gasteiger partial charge on any atom is -0.192 e. The summed E-state index contributed by atoms with van der Waals surface area (Å²) in [6.07, 6.45) is 0. The van der Waals surface area contributed by atoms with E-state index in [2.05, 4.69) is 12.1 Å². The number of hydrogen-bond acceptors (Lipinski definition) is 3. The predicted molar refractivity (Wildman–Crippen MR) is 68.8 cm³/mol. The molecular weight excluding hydrogens is 228 g/mol. The molecule has 3 heteroatoms. The van der Waals surface area contributed by atoms with Crippen molar-refractivity contribution in [2.24, 2.45) is 0 Å². The molecule has 0 bridgehead atoms. The summed E-state index contributed by atoms with van der Waals surface area (Å²) in [6, 6.07) is 13.8. The third-order valence-corrected chi connectivity index (χ3v) is 3.75. The van der Waals surface area contributed by atoms with Gasteiger partial charge in [0.25, 0.3) is 0 Å². The number of thiophene rings is 1. The summed E-state index contributed by atoms with van der Waals surface area (Å²) in [7, 11) is 0. The summed E-state index contributed by atoms with van der Waals surface area (Å²) < 4.78 is 0.995. The SMILES string of the molecule is N#Cc1ccc2cc(C#N)c3sccc3c2c1. The summed E-state index contributed by atoms with van der Waals surface area (Å²) in [6.45, 7) is 0. The minimum atomic E-state index is 0.648. The second kappa shape index (κ2) is 3.59. The van der Waals surface area contributed by atoms with Gasteiger partial charge in [-0.1, -0.05) is 6.07 Å². The Morgan fingerprint density at radius 3 is 2.59 bits per heavy atom. The van der Waals surface area contributed by atoms with Crippen molar-refractivity contribution in [1.29, 1.82) is 10.5 Å². The molecule has 2 nitrogen and oxygen atoms in total. The Morgan fingerprint density at radius 1 is 0.941 bits per heavy atom. The highest BCUT2D eigenvalue weighted by molar-refractivity contribution is 7.17. The molecule has 17 heavy (non-hydrogen) atoms. The van der Waals surface area contributed by atoms with E-state index in [1.807, 2.05) is 29.6 Å². The van der Waals surface area contributed by atoms with Crippen LogP contribution in [-0.2, 0) is 0 Å². The quantitative estimate of drug-likeness (QED) is 0.594. The van der Waals surface area contributed by atoms with Gasteiger partial charge < -0.3 is 0 Å². The third kappa shape index (κ3) is 1.38. The van der Waals surface area contributed by atoms with Crippen molar-refractivity contribution in [2.45, 2.75) is 0 Å². The molecule has 0 aliphatic heterocycles. The molecular formula is C14H6N2S. The van der Waals surface area contributed by atoms with Crippen LogP contribution in [0, 0.1) is 22.7 Å². The van der Waals surface area contributed by atoms with E-state index in [0.717, 1.165) is 20.9 Å². The number of rotatable bonds is 0. The Labute approximate surface area is 102 Å². The molecule has 1 aromatic heterocycles. The molecule has 3 rings (SSSR count). The zero-order valence-corrected chi connectivity index (χ0v) is 9.58. The summed E-state index contributed by atoms with van der Waals surface area (Å²) in [5, 5.41) is 23.1. The molecule has 3 aromatic rings. The molecule has 1 heterocycles. The third-order valence-electron chi connectivity index (χ3n) is 2.80. The summed E-state index contributed by atoms with van der Waals surface area (Å²) >= 11 is 1.56. The second-order valence-electron chi connectivity index (χ2n) is 3.75. The molecule has 0 aliphatic carbocycles. The topological polar surface area (TPSA) is 47.6 Å². The van der Waals surface area contributed by atoms with Gasteiger partial charge in [0, 0.05) is 5.39 Å². The number of fused-ring (bicyclic) bond motifs is 3. The van der Waals surface area contributed by atoms with Crippen LogP contribution in [0.25, 0.3) is 20.9 Å². The smallest absolute Gasteiger partial charge is 0.101 e. The largest absolute Gasteiger partial charge is 0.192 e. The van der Waals surface area contributed by atoms with Crippen LogP contribution in [0.5, 0.6) is 0 Å². The Kier molecular flexibility index (Phi) is 2.08. The lowest BCUT2D eigenvalue weighted by Gasteiger charge is -2.02. The maximum Gasteiger partial charge on any atom is 0.101 e. The van der Waals surface area contributed by atoms with Crippen molar-refractivity contribution in [3.05, 3.63) is 46.8 Å². The number of benzene rings is 2. The van der Waals surface area contributed by atoms with E-state index in [1.165, 1.54) is 0 Å². The normalized spacial score (nSPS) is 10.2. The van der Waals surface area contributed by atoms with Crippen molar-refractivity contribution in [2.75, 3.05) is 0 Å². The van der Waals surface area contributed by atoms with Gasteiger partial charge in [-0.3, -0.25) is 0 Å². The number of nitriles is 2. The van der Waals surface area contributed by atoms with Crippen LogP contribution in [0.2, 0.25) is 0 Å². The van der Waals surface area contributed by atoms with Gasteiger partial charge in [0.15, 0.2) is 0 Å². The molecule has 0 spiro atoms. The average Bonchev–Trinajstić information content (AvgIpc) is 2.86. The molecule has 0 saturated carbocycles. The second-order valence-corrected chi connectivity index (χ2v) is 4.66. The summed E-state index contributed by atoms with van der Waals surface area (Å²) in [5.74, 6) is 0. The fraction of sp³-hybridized carbons (Fsp3) is 0. The number of nitrogens with zero attached hydrogens (tertiary/aromatic N) is 2. The van der Waals surface area contributed by atoms with E-state index in [9.17, 15) is 0 Å². The Balaban J connectivity index is 2.56. The predicted octanol–water partition coefficient (Wildman–Crippen LogP) is 3.80. The standard InChI is InChI=1S/C14H6N2S/c15-7-9-1-2-10-6-11(8-16)14-12(3-4-17-14)13(10)5-9/h1-6H. The van der Waals surface area contributed by atoms with Crippen molar-refractivity contribution < 1.29 is 0 Å². The maximum atomic E-state index is 9.12. The molecule has 0 radical (unpaired) electrons. The highest BCUT2D eigenvalue weighted by Crippen LogP contribution is 2.32. The first kappa shape index (κ1) is 9.84. The maximum absolute atomic E-state index is 9.12. The van der Waals surface area contributed by atoms with Gasteiger partial charge in [0.2, 0.25) is 0 Å². The zero-order valence-electron chi connectivity index (χ0n) is 8.77. The molecule has 78 valence electrons. The fourth-order valence-electron chi connectivity index (χ4n) is 2.02. The molecule has 2 aromatic carbocycles. The van der Waals surface area contributed by atoms with Gasteiger partial charge in [0.05, 0.1) is 21.9 Å². The lowest BCUT2D eigenvalue weighted by molar-refractivity contribution is 1.49. The molecule has 0 aliphatic rings. The molecule has 0 amide bonds. The molecule has 0 atom stereocenters. The Morgan fingerprint density at radius 2 is 1.82 bits per heavy atom. The molecule has 0 saturated heterocycles. The van der Waals surface area contributed by atoms with Crippen LogP contribution in [-0.4, -0.2) is 0 Å². The lowest BCUT2D eigenvalue weighted by Crippen LogP contribution is -1.81. The van der Waals surface area contributed by atoms with Crippen molar-refractivity contribution in [1.82, 2.24) is 0 Å². The van der Waals surface area contributed by atoms with Crippen LogP contribution in [0.1, 0.15) is 11.1 Å². The highest BCUT2D eigenvalue weighted by atomic mass is 32.1. The van der Waals surface area contributed by atoms with Crippen LogP contribution in [0.4, 0.5) is 0 Å². The summed E-state index contributed by atoms with van der Waals surface area (Å²) in [4.78, 5) is 0. The Bertz CT molecular complexity index is 816. The van der Waals surface area contributed by atoms with E-state index in [4.69, 9.17) is 10.5 Å². The highest BCUT2D eigenvalue weighted by Gasteiger charge is 2.07. The van der Waals surface area contributed by atoms with Crippen LogP contribution >= 0.6 is 11.3 Å². The van der Waals surface area contributed by atoms with Gasteiger partial charge in [-0.25, -0.2) is 0 Å². The average molecular weight is 234 g/mol. The van der Waals surface area contributed by atoms with Gasteiger partial charge in [0.1, 0.15) is 6.07 Å². The summed E-state index contributed by atoms with van der Waals surface area (Å²) in [5.41, 5.74) is 1.35. The van der Waals surface area contributed by atoms with Crippen molar-refractivity contribution in [3.8, 4) is 12.1 Å². The fourth-order valence-corrected chi connectivity index (χ4v) is 2.90. The van der Waals surface area contributed by atoms with Gasteiger partial charge in [-0.15, -0.1) is 11.3 Å². The van der Waals surface area contributed by atoms with Crippen molar-refractivity contribution in [3.63, 3.8) is 0 Å². The van der Waals surface area contributed by atoms with Crippen LogP contribution in [0.15, 0.2) is 35.7 Å². The molecule has 0 fully saturated rings. The number of hydrogen-bond donors (Lipinski definition) is 0. The van der Waals surface area contributed by atoms with E-state index < -0.39 is 0 Å². The minimum absolute atomic E-state index is 0.648. The van der Waals surface area contributed by atoms with E-state index in [0.29, 0.717) is 11.1 Å². The first-order chi connectivity index (χ1) is 8.33. The van der Waals surface area contributed by atoms with Crippen LogP contribution in [0.3, 0.4) is 0 Å². The lowest BCUT2D eigenvalue weighted by atomic mass is 10.0. The first-order valence-electron chi connectivity index (χ1n) is 5.07. The zero-order chi connectivity index (χ0) is 11.8. The van der Waals surface area contributed by atoms with E-state index >= 15 is 0 Å². The molecule has 0 unspecified atom stereocenters.